The summed E-state index contributed by atoms with van der Waals surface area (Å²) in [6, 6.07) is 1.94. The Morgan fingerprint density at radius 1 is 1.31 bits per heavy atom. The first-order valence-electron chi connectivity index (χ1n) is 6.23. The van der Waals surface area contributed by atoms with E-state index >= 15 is 0 Å². The predicted octanol–water partition coefficient (Wildman–Crippen LogP) is 3.41. The summed E-state index contributed by atoms with van der Waals surface area (Å²) < 4.78 is 5.65. The minimum atomic E-state index is -0.339. The quantitative estimate of drug-likeness (QED) is 0.727. The Bertz CT molecular complexity index is 418. The van der Waals surface area contributed by atoms with Crippen molar-refractivity contribution in [1.29, 1.82) is 0 Å². The molecule has 1 fully saturated rings. The fourth-order valence-corrected chi connectivity index (χ4v) is 4.31. The standard InChI is InChI=1S/C14H20O2/c1-13(2)6-4-7-14(3)11(13)10(15)9-5-8-16-12(9)14/h5,8,10-11,15H,4,6-7H2,1-3H3/t10-,11-,14+/m0/s1. The van der Waals surface area contributed by atoms with Gasteiger partial charge >= 0.3 is 0 Å². The van der Waals surface area contributed by atoms with E-state index in [1.807, 2.05) is 6.07 Å². The Hall–Kier alpha value is -0.760. The zero-order valence-electron chi connectivity index (χ0n) is 10.3. The molecule has 3 atom stereocenters. The summed E-state index contributed by atoms with van der Waals surface area (Å²) in [5.74, 6) is 1.35. The maximum Gasteiger partial charge on any atom is 0.115 e. The Balaban J connectivity index is 2.16. The lowest BCUT2D eigenvalue weighted by Gasteiger charge is -2.47. The first-order chi connectivity index (χ1) is 7.47. The van der Waals surface area contributed by atoms with Crippen molar-refractivity contribution >= 4 is 0 Å². The van der Waals surface area contributed by atoms with Crippen LogP contribution in [0.5, 0.6) is 0 Å². The molecular weight excluding hydrogens is 200 g/mol. The zero-order chi connectivity index (χ0) is 11.6. The van der Waals surface area contributed by atoms with Crippen molar-refractivity contribution in [3.63, 3.8) is 0 Å². The molecule has 0 amide bonds. The highest BCUT2D eigenvalue weighted by atomic mass is 16.3. The van der Waals surface area contributed by atoms with Gasteiger partial charge in [-0.1, -0.05) is 27.2 Å². The summed E-state index contributed by atoms with van der Waals surface area (Å²) in [6.07, 6.45) is 4.95. The summed E-state index contributed by atoms with van der Waals surface area (Å²) in [7, 11) is 0. The average molecular weight is 220 g/mol. The molecule has 0 aliphatic heterocycles. The van der Waals surface area contributed by atoms with Crippen LogP contribution in [0.3, 0.4) is 0 Å². The molecule has 2 aliphatic carbocycles. The number of hydrogen-bond donors (Lipinski definition) is 1. The van der Waals surface area contributed by atoms with Gasteiger partial charge in [0.25, 0.3) is 0 Å². The number of aliphatic hydroxyl groups excluding tert-OH is 1. The minimum absolute atomic E-state index is 0.0417. The molecule has 0 unspecified atom stereocenters. The smallest absolute Gasteiger partial charge is 0.115 e. The van der Waals surface area contributed by atoms with Gasteiger partial charge in [-0.2, -0.15) is 0 Å². The van der Waals surface area contributed by atoms with E-state index in [0.717, 1.165) is 17.7 Å². The molecule has 0 aromatic carbocycles. The monoisotopic (exact) mass is 220 g/mol. The fourth-order valence-electron chi connectivity index (χ4n) is 4.31. The van der Waals surface area contributed by atoms with Gasteiger partial charge in [0.05, 0.1) is 12.4 Å². The molecule has 3 rings (SSSR count). The number of aliphatic hydroxyl groups is 1. The predicted molar refractivity (Wildman–Crippen MR) is 62.1 cm³/mol. The van der Waals surface area contributed by atoms with Crippen LogP contribution in [0.4, 0.5) is 0 Å². The van der Waals surface area contributed by atoms with E-state index in [2.05, 4.69) is 20.8 Å². The Morgan fingerprint density at radius 3 is 2.81 bits per heavy atom. The van der Waals surface area contributed by atoms with Gasteiger partial charge in [-0.15, -0.1) is 0 Å². The van der Waals surface area contributed by atoms with Crippen LogP contribution in [0.1, 0.15) is 57.5 Å². The van der Waals surface area contributed by atoms with Crippen molar-refractivity contribution in [2.45, 2.75) is 51.6 Å². The van der Waals surface area contributed by atoms with Gasteiger partial charge < -0.3 is 9.52 Å². The second kappa shape index (κ2) is 2.92. The van der Waals surface area contributed by atoms with E-state index in [-0.39, 0.29) is 16.9 Å². The molecule has 1 aromatic heterocycles. The molecule has 0 bridgehead atoms. The van der Waals surface area contributed by atoms with Crippen molar-refractivity contribution in [3.05, 3.63) is 23.7 Å². The number of rotatable bonds is 0. The molecule has 1 N–H and O–H groups in total. The maximum atomic E-state index is 10.5. The molecule has 0 saturated heterocycles. The largest absolute Gasteiger partial charge is 0.468 e. The zero-order valence-corrected chi connectivity index (χ0v) is 10.3. The van der Waals surface area contributed by atoms with E-state index in [1.54, 1.807) is 6.26 Å². The van der Waals surface area contributed by atoms with Crippen LogP contribution in [0.25, 0.3) is 0 Å². The summed E-state index contributed by atoms with van der Waals surface area (Å²) in [5, 5.41) is 10.5. The van der Waals surface area contributed by atoms with Gasteiger partial charge in [0.15, 0.2) is 0 Å². The van der Waals surface area contributed by atoms with Gasteiger partial charge in [-0.3, -0.25) is 0 Å². The van der Waals surface area contributed by atoms with Crippen LogP contribution in [-0.4, -0.2) is 5.11 Å². The lowest BCUT2D eigenvalue weighted by atomic mass is 9.57. The van der Waals surface area contributed by atoms with Crippen LogP contribution in [0.15, 0.2) is 16.7 Å². The highest BCUT2D eigenvalue weighted by molar-refractivity contribution is 5.37. The van der Waals surface area contributed by atoms with Crippen LogP contribution < -0.4 is 0 Å². The van der Waals surface area contributed by atoms with Crippen LogP contribution >= 0.6 is 0 Å². The summed E-state index contributed by atoms with van der Waals surface area (Å²) >= 11 is 0. The lowest BCUT2D eigenvalue weighted by molar-refractivity contribution is -0.0317. The third-order valence-electron chi connectivity index (χ3n) is 4.89. The third kappa shape index (κ3) is 1.06. The molecule has 2 aliphatic rings. The summed E-state index contributed by atoms with van der Waals surface area (Å²) in [6.45, 7) is 6.82. The first-order valence-corrected chi connectivity index (χ1v) is 6.23. The van der Waals surface area contributed by atoms with Gasteiger partial charge in [-0.05, 0) is 24.3 Å². The van der Waals surface area contributed by atoms with E-state index in [9.17, 15) is 5.11 Å². The van der Waals surface area contributed by atoms with Crippen molar-refractivity contribution in [3.8, 4) is 0 Å². The van der Waals surface area contributed by atoms with Crippen LogP contribution in [0, 0.1) is 11.3 Å². The molecular formula is C14H20O2. The van der Waals surface area contributed by atoms with Gasteiger partial charge in [0.1, 0.15) is 5.76 Å². The second-order valence-electron chi connectivity index (χ2n) is 6.39. The topological polar surface area (TPSA) is 33.4 Å². The lowest BCUT2D eigenvalue weighted by Crippen LogP contribution is -2.43. The number of fused-ring (bicyclic) bond motifs is 3. The first kappa shape index (κ1) is 10.4. The molecule has 1 saturated carbocycles. The average Bonchev–Trinajstić information content (AvgIpc) is 2.70. The Morgan fingerprint density at radius 2 is 2.06 bits per heavy atom. The van der Waals surface area contributed by atoms with Gasteiger partial charge in [0.2, 0.25) is 0 Å². The van der Waals surface area contributed by atoms with E-state index in [4.69, 9.17) is 4.42 Å². The molecule has 1 aromatic rings. The van der Waals surface area contributed by atoms with E-state index < -0.39 is 0 Å². The molecule has 88 valence electrons. The van der Waals surface area contributed by atoms with Crippen molar-refractivity contribution in [2.24, 2.45) is 11.3 Å². The molecule has 1 heterocycles. The highest BCUT2D eigenvalue weighted by Gasteiger charge is 2.58. The second-order valence-corrected chi connectivity index (χ2v) is 6.39. The van der Waals surface area contributed by atoms with E-state index in [0.29, 0.717) is 5.92 Å². The minimum Gasteiger partial charge on any atom is -0.468 e. The Labute approximate surface area is 96.7 Å². The molecule has 16 heavy (non-hydrogen) atoms. The highest BCUT2D eigenvalue weighted by Crippen LogP contribution is 2.62. The van der Waals surface area contributed by atoms with Gasteiger partial charge in [-0.25, -0.2) is 0 Å². The maximum absolute atomic E-state index is 10.5. The summed E-state index contributed by atoms with van der Waals surface area (Å²) in [5.41, 5.74) is 1.27. The molecule has 2 heteroatoms. The fraction of sp³-hybridized carbons (Fsp3) is 0.714. The van der Waals surface area contributed by atoms with E-state index in [1.165, 1.54) is 12.8 Å². The molecule has 2 nitrogen and oxygen atoms in total. The third-order valence-corrected chi connectivity index (χ3v) is 4.89. The molecule has 0 radical (unpaired) electrons. The number of hydrogen-bond acceptors (Lipinski definition) is 2. The summed E-state index contributed by atoms with van der Waals surface area (Å²) in [4.78, 5) is 0. The van der Waals surface area contributed by atoms with Gasteiger partial charge in [0, 0.05) is 16.9 Å². The normalized spacial score (nSPS) is 40.5. The van der Waals surface area contributed by atoms with Crippen LogP contribution in [-0.2, 0) is 5.41 Å². The number of furan rings is 1. The SMILES string of the molecule is CC1(C)CCC[C@@]2(C)c3occc3[C@H](O)[C@@H]12. The molecule has 0 spiro atoms. The van der Waals surface area contributed by atoms with Crippen LogP contribution in [0.2, 0.25) is 0 Å². The van der Waals surface area contributed by atoms with Crippen molar-refractivity contribution in [1.82, 2.24) is 0 Å². The van der Waals surface area contributed by atoms with Crippen molar-refractivity contribution in [2.75, 3.05) is 0 Å². The Kier molecular flexibility index (Phi) is 1.90. The van der Waals surface area contributed by atoms with Crippen molar-refractivity contribution < 1.29 is 9.52 Å².